The first kappa shape index (κ1) is 11.5. The maximum absolute atomic E-state index is 11.1. The number of hydrogen-bond acceptors (Lipinski definition) is 4. The van der Waals surface area contributed by atoms with E-state index in [-0.39, 0.29) is 5.92 Å². The Hall–Kier alpha value is -1.62. The molecule has 0 radical (unpaired) electrons. The Labute approximate surface area is 109 Å². The first-order chi connectivity index (χ1) is 8.75. The molecule has 1 atom stereocenters. The van der Waals surface area contributed by atoms with E-state index in [0.717, 1.165) is 35.3 Å². The average molecular weight is 262 g/mol. The molecule has 0 aliphatic carbocycles. The maximum Gasteiger partial charge on any atom is 0.308 e. The van der Waals surface area contributed by atoms with Crippen molar-refractivity contribution in [3.63, 3.8) is 0 Å². The van der Waals surface area contributed by atoms with E-state index >= 15 is 0 Å². The molecule has 1 aromatic carbocycles. The number of fused-ring (bicyclic) bond motifs is 1. The lowest BCUT2D eigenvalue weighted by Gasteiger charge is -2.31. The predicted octanol–water partition coefficient (Wildman–Crippen LogP) is 2.60. The molecule has 3 rings (SSSR count). The maximum atomic E-state index is 11.1. The van der Waals surface area contributed by atoms with Gasteiger partial charge in [0.25, 0.3) is 0 Å². The van der Waals surface area contributed by atoms with E-state index < -0.39 is 5.97 Å². The number of hydrogen-bond donors (Lipinski definition) is 1. The Kier molecular flexibility index (Phi) is 2.91. The van der Waals surface area contributed by atoms with Crippen molar-refractivity contribution < 1.29 is 9.90 Å². The highest BCUT2D eigenvalue weighted by atomic mass is 32.1. The molecule has 0 bridgehead atoms. The van der Waals surface area contributed by atoms with E-state index in [1.54, 1.807) is 0 Å². The molecule has 1 N–H and O–H groups in total. The van der Waals surface area contributed by atoms with Crippen LogP contribution in [0.2, 0.25) is 0 Å². The fourth-order valence-corrected chi connectivity index (χ4v) is 3.27. The number of aliphatic carboxylic acids is 1. The summed E-state index contributed by atoms with van der Waals surface area (Å²) < 4.78 is 5.64. The second-order valence-electron chi connectivity index (χ2n) is 4.63. The van der Waals surface area contributed by atoms with Crippen molar-refractivity contribution in [3.05, 3.63) is 24.3 Å². The standard InChI is InChI=1S/C13H14N2O2S/c16-13(17)9-4-3-7-15(8-9)12-10-5-1-2-6-11(10)18-14-12/h1-2,5-6,9H,3-4,7-8H2,(H,16,17)/t9-/m1/s1. The van der Waals surface area contributed by atoms with Gasteiger partial charge in [-0.2, -0.15) is 4.37 Å². The van der Waals surface area contributed by atoms with Crippen molar-refractivity contribution in [1.29, 1.82) is 0 Å². The summed E-state index contributed by atoms with van der Waals surface area (Å²) in [4.78, 5) is 13.2. The lowest BCUT2D eigenvalue weighted by molar-refractivity contribution is -0.141. The van der Waals surface area contributed by atoms with E-state index in [9.17, 15) is 4.79 Å². The first-order valence-electron chi connectivity index (χ1n) is 6.08. The fourth-order valence-electron chi connectivity index (χ4n) is 2.47. The second-order valence-corrected chi connectivity index (χ2v) is 5.43. The summed E-state index contributed by atoms with van der Waals surface area (Å²) in [5.74, 6) is -0.0139. The Balaban J connectivity index is 1.92. The van der Waals surface area contributed by atoms with Crippen LogP contribution in [-0.4, -0.2) is 28.5 Å². The third-order valence-electron chi connectivity index (χ3n) is 3.43. The Morgan fingerprint density at radius 2 is 2.28 bits per heavy atom. The van der Waals surface area contributed by atoms with Gasteiger partial charge in [-0.3, -0.25) is 4.79 Å². The van der Waals surface area contributed by atoms with Gasteiger partial charge in [0, 0.05) is 18.5 Å². The molecule has 0 saturated carbocycles. The molecule has 4 nitrogen and oxygen atoms in total. The topological polar surface area (TPSA) is 53.4 Å². The summed E-state index contributed by atoms with van der Waals surface area (Å²) in [6, 6.07) is 8.10. The van der Waals surface area contributed by atoms with Gasteiger partial charge in [-0.25, -0.2) is 0 Å². The Bertz CT molecular complexity index is 581. The first-order valence-corrected chi connectivity index (χ1v) is 6.85. The molecule has 0 amide bonds. The van der Waals surface area contributed by atoms with Crippen molar-refractivity contribution in [2.75, 3.05) is 18.0 Å². The van der Waals surface area contributed by atoms with Crippen molar-refractivity contribution in [1.82, 2.24) is 4.37 Å². The van der Waals surface area contributed by atoms with Crippen LogP contribution in [0.15, 0.2) is 24.3 Å². The largest absolute Gasteiger partial charge is 0.481 e. The van der Waals surface area contributed by atoms with Gasteiger partial charge < -0.3 is 10.0 Å². The number of nitrogens with zero attached hydrogens (tertiary/aromatic N) is 2. The van der Waals surface area contributed by atoms with E-state index in [1.807, 2.05) is 12.1 Å². The fraction of sp³-hybridized carbons (Fsp3) is 0.385. The van der Waals surface area contributed by atoms with Crippen LogP contribution < -0.4 is 4.90 Å². The lowest BCUT2D eigenvalue weighted by atomic mass is 9.98. The van der Waals surface area contributed by atoms with E-state index in [2.05, 4.69) is 21.4 Å². The molecular weight excluding hydrogens is 248 g/mol. The van der Waals surface area contributed by atoms with E-state index in [4.69, 9.17) is 5.11 Å². The number of carboxylic acids is 1. The third-order valence-corrected chi connectivity index (χ3v) is 4.25. The summed E-state index contributed by atoms with van der Waals surface area (Å²) >= 11 is 1.48. The number of piperidine rings is 1. The van der Waals surface area contributed by atoms with Gasteiger partial charge >= 0.3 is 5.97 Å². The van der Waals surface area contributed by atoms with Crippen molar-refractivity contribution in [2.45, 2.75) is 12.8 Å². The smallest absolute Gasteiger partial charge is 0.308 e. The minimum absolute atomic E-state index is 0.265. The summed E-state index contributed by atoms with van der Waals surface area (Å²) in [5.41, 5.74) is 0. The molecule has 1 saturated heterocycles. The van der Waals surface area contributed by atoms with Crippen LogP contribution in [0, 0.1) is 5.92 Å². The number of carboxylic acid groups (broad SMARTS) is 1. The van der Waals surface area contributed by atoms with Gasteiger partial charge in [0.05, 0.1) is 10.6 Å². The van der Waals surface area contributed by atoms with Crippen LogP contribution in [-0.2, 0) is 4.79 Å². The molecule has 94 valence electrons. The quantitative estimate of drug-likeness (QED) is 0.904. The van der Waals surface area contributed by atoms with Crippen LogP contribution in [0.3, 0.4) is 0 Å². The Morgan fingerprint density at radius 3 is 3.11 bits per heavy atom. The number of carbonyl (C=O) groups is 1. The molecule has 2 aromatic rings. The van der Waals surface area contributed by atoms with Crippen molar-refractivity contribution in [3.8, 4) is 0 Å². The molecule has 1 aliphatic heterocycles. The molecular formula is C13H14N2O2S. The average Bonchev–Trinajstić information content (AvgIpc) is 2.82. The monoisotopic (exact) mass is 262 g/mol. The normalized spacial score (nSPS) is 20.2. The zero-order valence-corrected chi connectivity index (χ0v) is 10.7. The molecule has 0 unspecified atom stereocenters. The van der Waals surface area contributed by atoms with Crippen molar-refractivity contribution >= 4 is 33.4 Å². The highest BCUT2D eigenvalue weighted by Gasteiger charge is 2.27. The van der Waals surface area contributed by atoms with Gasteiger partial charge in [0.2, 0.25) is 0 Å². The van der Waals surface area contributed by atoms with Gasteiger partial charge in [0.1, 0.15) is 5.82 Å². The predicted molar refractivity (Wildman–Crippen MR) is 72.2 cm³/mol. The van der Waals surface area contributed by atoms with Gasteiger partial charge in [-0.15, -0.1) is 0 Å². The van der Waals surface area contributed by atoms with Gasteiger partial charge in [-0.1, -0.05) is 12.1 Å². The van der Waals surface area contributed by atoms with Crippen LogP contribution in [0.5, 0.6) is 0 Å². The molecule has 2 heterocycles. The van der Waals surface area contributed by atoms with Crippen LogP contribution in [0.25, 0.3) is 10.1 Å². The van der Waals surface area contributed by atoms with Crippen molar-refractivity contribution in [2.24, 2.45) is 5.92 Å². The second kappa shape index (κ2) is 4.57. The molecule has 1 aliphatic rings. The molecule has 1 aromatic heterocycles. The summed E-state index contributed by atoms with van der Waals surface area (Å²) in [7, 11) is 0. The van der Waals surface area contributed by atoms with E-state index in [1.165, 1.54) is 11.5 Å². The highest BCUT2D eigenvalue weighted by molar-refractivity contribution is 7.13. The van der Waals surface area contributed by atoms with Crippen LogP contribution in [0.1, 0.15) is 12.8 Å². The molecule has 0 spiro atoms. The van der Waals surface area contributed by atoms with Crippen LogP contribution >= 0.6 is 11.5 Å². The van der Waals surface area contributed by atoms with Crippen LogP contribution in [0.4, 0.5) is 5.82 Å². The van der Waals surface area contributed by atoms with Gasteiger partial charge in [0.15, 0.2) is 0 Å². The third kappa shape index (κ3) is 1.95. The number of aromatic nitrogens is 1. The minimum atomic E-state index is -0.695. The zero-order valence-electron chi connectivity index (χ0n) is 9.87. The van der Waals surface area contributed by atoms with E-state index in [0.29, 0.717) is 6.54 Å². The molecule has 18 heavy (non-hydrogen) atoms. The summed E-state index contributed by atoms with van der Waals surface area (Å²) in [5, 5.41) is 10.3. The molecule has 1 fully saturated rings. The number of rotatable bonds is 2. The zero-order chi connectivity index (χ0) is 12.5. The SMILES string of the molecule is O=C(O)[C@@H]1CCCN(c2nsc3ccccc23)C1. The minimum Gasteiger partial charge on any atom is -0.481 e. The summed E-state index contributed by atoms with van der Waals surface area (Å²) in [6.07, 6.45) is 1.69. The number of anilines is 1. The number of benzene rings is 1. The summed E-state index contributed by atoms with van der Waals surface area (Å²) in [6.45, 7) is 1.47. The Morgan fingerprint density at radius 1 is 1.44 bits per heavy atom. The highest BCUT2D eigenvalue weighted by Crippen LogP contribution is 2.31. The van der Waals surface area contributed by atoms with Gasteiger partial charge in [-0.05, 0) is 36.5 Å². The molecule has 5 heteroatoms. The lowest BCUT2D eigenvalue weighted by Crippen LogP contribution is -2.38.